The Morgan fingerprint density at radius 2 is 2.20 bits per heavy atom. The van der Waals surface area contributed by atoms with Crippen molar-refractivity contribution in [1.29, 1.82) is 5.26 Å². The molecule has 0 radical (unpaired) electrons. The third kappa shape index (κ3) is 3.78. The maximum absolute atomic E-state index is 13.7. The Morgan fingerprint density at radius 3 is 2.75 bits per heavy atom. The van der Waals surface area contributed by atoms with Gasteiger partial charge in [0.15, 0.2) is 0 Å². The molecule has 1 amide bonds. The van der Waals surface area contributed by atoms with E-state index in [1.165, 1.54) is 23.1 Å². The smallest absolute Gasteiger partial charge is 0.239 e. The van der Waals surface area contributed by atoms with Crippen LogP contribution in [0.3, 0.4) is 0 Å². The van der Waals surface area contributed by atoms with Gasteiger partial charge in [0.05, 0.1) is 17.7 Å². The fourth-order valence-electron chi connectivity index (χ4n) is 1.85. The fraction of sp³-hybridized carbons (Fsp3) is 0.467. The Labute approximate surface area is 119 Å². The van der Waals surface area contributed by atoms with Crippen LogP contribution in [0.5, 0.6) is 0 Å². The van der Waals surface area contributed by atoms with E-state index in [1.807, 2.05) is 19.9 Å². The highest BCUT2D eigenvalue weighted by Gasteiger charge is 2.23. The number of benzene rings is 1. The van der Waals surface area contributed by atoms with Crippen LogP contribution in [0.15, 0.2) is 18.2 Å². The van der Waals surface area contributed by atoms with Crippen LogP contribution in [-0.2, 0) is 11.3 Å². The quantitative estimate of drug-likeness (QED) is 0.895. The van der Waals surface area contributed by atoms with E-state index >= 15 is 0 Å². The Hall–Kier alpha value is -1.93. The van der Waals surface area contributed by atoms with Crippen molar-refractivity contribution in [3.05, 3.63) is 35.1 Å². The lowest BCUT2D eigenvalue weighted by molar-refractivity contribution is -0.133. The Bertz CT molecular complexity index is 524. The summed E-state index contributed by atoms with van der Waals surface area (Å²) in [6.07, 6.45) is 0.805. The summed E-state index contributed by atoms with van der Waals surface area (Å²) in [5.74, 6) is -0.581. The Balaban J connectivity index is 2.83. The molecule has 20 heavy (non-hydrogen) atoms. The molecule has 5 heteroatoms. The lowest BCUT2D eigenvalue weighted by Crippen LogP contribution is -2.45. The lowest BCUT2D eigenvalue weighted by atomic mass is 9.99. The second-order valence-corrected chi connectivity index (χ2v) is 5.02. The van der Waals surface area contributed by atoms with Crippen LogP contribution in [0.1, 0.15) is 31.4 Å². The van der Waals surface area contributed by atoms with E-state index in [0.29, 0.717) is 11.1 Å². The normalized spacial score (nSPS) is 13.4. The van der Waals surface area contributed by atoms with Crippen molar-refractivity contribution in [2.75, 3.05) is 7.05 Å². The van der Waals surface area contributed by atoms with E-state index < -0.39 is 11.9 Å². The molecule has 0 saturated heterocycles. The van der Waals surface area contributed by atoms with Gasteiger partial charge in [0.1, 0.15) is 5.82 Å². The van der Waals surface area contributed by atoms with Gasteiger partial charge < -0.3 is 10.6 Å². The molecular formula is C15H20FN3O. The molecule has 0 aliphatic carbocycles. The lowest BCUT2D eigenvalue weighted by Gasteiger charge is -2.24. The molecule has 2 N–H and O–H groups in total. The number of nitrogens with two attached hydrogens (primary N) is 1. The molecule has 1 aromatic rings. The molecule has 2 unspecified atom stereocenters. The molecule has 0 heterocycles. The molecule has 108 valence electrons. The maximum Gasteiger partial charge on any atom is 0.239 e. The van der Waals surface area contributed by atoms with Crippen molar-refractivity contribution in [3.8, 4) is 6.07 Å². The predicted molar refractivity (Wildman–Crippen MR) is 75.0 cm³/mol. The highest BCUT2D eigenvalue weighted by molar-refractivity contribution is 5.81. The van der Waals surface area contributed by atoms with Crippen LogP contribution in [-0.4, -0.2) is 23.9 Å². The standard InChI is InChI=1S/C15H20FN3O/c1-4-10(2)14(18)15(20)19(3)9-12-7-11(8-17)5-6-13(12)16/h5-7,10,14H,4,9,18H2,1-3H3. The zero-order valence-corrected chi connectivity index (χ0v) is 12.1. The van der Waals surface area contributed by atoms with E-state index in [0.717, 1.165) is 6.42 Å². The van der Waals surface area contributed by atoms with Gasteiger partial charge in [0.25, 0.3) is 0 Å². The number of rotatable bonds is 5. The topological polar surface area (TPSA) is 70.1 Å². The van der Waals surface area contributed by atoms with Crippen molar-refractivity contribution in [2.24, 2.45) is 11.7 Å². The van der Waals surface area contributed by atoms with Gasteiger partial charge in [-0.15, -0.1) is 0 Å². The predicted octanol–water partition coefficient (Wildman–Crippen LogP) is 2.03. The summed E-state index contributed by atoms with van der Waals surface area (Å²) in [5, 5.41) is 8.82. The zero-order chi connectivity index (χ0) is 15.3. The fourth-order valence-corrected chi connectivity index (χ4v) is 1.85. The maximum atomic E-state index is 13.7. The van der Waals surface area contributed by atoms with Gasteiger partial charge in [-0.1, -0.05) is 20.3 Å². The molecule has 4 nitrogen and oxygen atoms in total. The third-order valence-corrected chi connectivity index (χ3v) is 3.50. The van der Waals surface area contributed by atoms with Crippen LogP contribution < -0.4 is 5.73 Å². The van der Waals surface area contributed by atoms with Gasteiger partial charge in [0, 0.05) is 19.2 Å². The molecule has 0 spiro atoms. The first-order chi connectivity index (χ1) is 9.40. The van der Waals surface area contributed by atoms with Crippen LogP contribution in [0.4, 0.5) is 4.39 Å². The second kappa shape index (κ2) is 7.01. The number of hydrogen-bond donors (Lipinski definition) is 1. The summed E-state index contributed by atoms with van der Waals surface area (Å²) in [6, 6.07) is 5.46. The Morgan fingerprint density at radius 1 is 1.55 bits per heavy atom. The first-order valence-electron chi connectivity index (χ1n) is 6.59. The van der Waals surface area contributed by atoms with Gasteiger partial charge in [-0.2, -0.15) is 5.26 Å². The van der Waals surface area contributed by atoms with Gasteiger partial charge in [-0.05, 0) is 24.1 Å². The van der Waals surface area contributed by atoms with Crippen LogP contribution in [0, 0.1) is 23.1 Å². The van der Waals surface area contributed by atoms with Gasteiger partial charge in [-0.25, -0.2) is 4.39 Å². The van der Waals surface area contributed by atoms with Gasteiger partial charge in [0.2, 0.25) is 5.91 Å². The average molecular weight is 277 g/mol. The molecule has 1 aromatic carbocycles. The van der Waals surface area contributed by atoms with E-state index in [-0.39, 0.29) is 18.4 Å². The minimum absolute atomic E-state index is 0.0697. The number of carbonyl (C=O) groups is 1. The molecular weight excluding hydrogens is 257 g/mol. The van der Waals surface area contributed by atoms with Gasteiger partial charge >= 0.3 is 0 Å². The summed E-state index contributed by atoms with van der Waals surface area (Å²) >= 11 is 0. The van der Waals surface area contributed by atoms with E-state index in [1.54, 1.807) is 7.05 Å². The summed E-state index contributed by atoms with van der Waals surface area (Å²) < 4.78 is 13.7. The molecule has 0 saturated carbocycles. The number of nitrogens with zero attached hydrogens (tertiary/aromatic N) is 2. The third-order valence-electron chi connectivity index (χ3n) is 3.50. The number of nitriles is 1. The molecule has 0 aromatic heterocycles. The van der Waals surface area contributed by atoms with Crippen LogP contribution in [0.25, 0.3) is 0 Å². The number of carbonyl (C=O) groups excluding carboxylic acids is 1. The monoisotopic (exact) mass is 277 g/mol. The number of amides is 1. The summed E-state index contributed by atoms with van der Waals surface area (Å²) in [5.41, 5.74) is 6.57. The minimum atomic E-state index is -0.591. The van der Waals surface area contributed by atoms with E-state index in [2.05, 4.69) is 0 Å². The minimum Gasteiger partial charge on any atom is -0.340 e. The molecule has 0 fully saturated rings. The average Bonchev–Trinajstić information content (AvgIpc) is 2.46. The SMILES string of the molecule is CCC(C)C(N)C(=O)N(C)Cc1cc(C#N)ccc1F. The van der Waals surface area contributed by atoms with Crippen molar-refractivity contribution >= 4 is 5.91 Å². The Kier molecular flexibility index (Phi) is 5.66. The van der Waals surface area contributed by atoms with Gasteiger partial charge in [-0.3, -0.25) is 4.79 Å². The first kappa shape index (κ1) is 16.1. The summed E-state index contributed by atoms with van der Waals surface area (Å²) in [6.45, 7) is 3.98. The number of hydrogen-bond acceptors (Lipinski definition) is 3. The largest absolute Gasteiger partial charge is 0.340 e. The van der Waals surface area contributed by atoms with Crippen molar-refractivity contribution in [1.82, 2.24) is 4.90 Å². The molecule has 0 aliphatic rings. The number of likely N-dealkylation sites (N-methyl/N-ethyl adjacent to an activating group) is 1. The van der Waals surface area contributed by atoms with E-state index in [4.69, 9.17) is 11.0 Å². The van der Waals surface area contributed by atoms with Crippen molar-refractivity contribution in [2.45, 2.75) is 32.9 Å². The highest BCUT2D eigenvalue weighted by atomic mass is 19.1. The van der Waals surface area contributed by atoms with Crippen LogP contribution in [0.2, 0.25) is 0 Å². The number of halogens is 1. The second-order valence-electron chi connectivity index (χ2n) is 5.02. The summed E-state index contributed by atoms with van der Waals surface area (Å²) in [7, 11) is 1.59. The van der Waals surface area contributed by atoms with Crippen molar-refractivity contribution in [3.63, 3.8) is 0 Å². The molecule has 0 bridgehead atoms. The molecule has 0 aliphatic heterocycles. The molecule has 2 atom stereocenters. The molecule has 1 rings (SSSR count). The van der Waals surface area contributed by atoms with Crippen LogP contribution >= 0.6 is 0 Å². The summed E-state index contributed by atoms with van der Waals surface area (Å²) in [4.78, 5) is 13.5. The highest BCUT2D eigenvalue weighted by Crippen LogP contribution is 2.14. The first-order valence-corrected chi connectivity index (χ1v) is 6.59. The van der Waals surface area contributed by atoms with Crippen molar-refractivity contribution < 1.29 is 9.18 Å². The van der Waals surface area contributed by atoms with E-state index in [9.17, 15) is 9.18 Å². The zero-order valence-electron chi connectivity index (χ0n) is 12.1.